The van der Waals surface area contributed by atoms with Gasteiger partial charge in [0.2, 0.25) is 0 Å². The van der Waals surface area contributed by atoms with E-state index in [-0.39, 0.29) is 5.78 Å². The number of carbonyl (C=O) groups is 1. The molecule has 0 radical (unpaired) electrons. The molecule has 2 rings (SSSR count). The maximum Gasteiger partial charge on any atom is 0.161 e. The van der Waals surface area contributed by atoms with E-state index >= 15 is 0 Å². The van der Waals surface area contributed by atoms with Gasteiger partial charge in [-0.25, -0.2) is 4.98 Å². The SMILES string of the molecule is CCc1c(-c2csc(CCCN)n2)[nH]c(C)c1C(C)=O. The molecule has 20 heavy (non-hydrogen) atoms. The lowest BCUT2D eigenvalue weighted by atomic mass is 10.0. The zero-order chi connectivity index (χ0) is 14.7. The predicted molar refractivity (Wildman–Crippen MR) is 83.4 cm³/mol. The van der Waals surface area contributed by atoms with Crippen LogP contribution in [0.2, 0.25) is 0 Å². The monoisotopic (exact) mass is 291 g/mol. The molecule has 0 amide bonds. The first kappa shape index (κ1) is 14.9. The molecule has 0 saturated heterocycles. The number of thiazole rings is 1. The van der Waals surface area contributed by atoms with E-state index in [1.807, 2.05) is 6.92 Å². The van der Waals surface area contributed by atoms with E-state index in [0.717, 1.165) is 52.5 Å². The third-order valence-corrected chi connectivity index (χ3v) is 4.31. The minimum absolute atomic E-state index is 0.112. The van der Waals surface area contributed by atoms with Crippen LogP contribution in [0.3, 0.4) is 0 Å². The van der Waals surface area contributed by atoms with Crippen LogP contribution in [-0.2, 0) is 12.8 Å². The summed E-state index contributed by atoms with van der Waals surface area (Å²) in [6, 6.07) is 0. The van der Waals surface area contributed by atoms with E-state index in [9.17, 15) is 4.79 Å². The Morgan fingerprint density at radius 2 is 2.25 bits per heavy atom. The Balaban J connectivity index is 2.40. The number of ketones is 1. The molecule has 0 aliphatic carbocycles. The van der Waals surface area contributed by atoms with Crippen molar-refractivity contribution < 1.29 is 4.79 Å². The molecule has 108 valence electrons. The fourth-order valence-electron chi connectivity index (χ4n) is 2.52. The number of Topliss-reactive ketones (excluding diaryl/α,β-unsaturated/α-hetero) is 1. The van der Waals surface area contributed by atoms with E-state index in [2.05, 4.69) is 22.3 Å². The van der Waals surface area contributed by atoms with E-state index < -0.39 is 0 Å². The van der Waals surface area contributed by atoms with Gasteiger partial charge in [-0.05, 0) is 38.8 Å². The molecule has 0 fully saturated rings. The van der Waals surface area contributed by atoms with Crippen molar-refractivity contribution in [1.29, 1.82) is 0 Å². The number of nitrogens with one attached hydrogen (secondary N) is 1. The summed E-state index contributed by atoms with van der Waals surface area (Å²) in [5.74, 6) is 0.112. The van der Waals surface area contributed by atoms with Gasteiger partial charge in [0.25, 0.3) is 0 Å². The Morgan fingerprint density at radius 3 is 2.85 bits per heavy atom. The first-order valence-electron chi connectivity index (χ1n) is 6.95. The van der Waals surface area contributed by atoms with Gasteiger partial charge in [0.1, 0.15) is 0 Å². The molecule has 0 unspecified atom stereocenters. The quantitative estimate of drug-likeness (QED) is 0.803. The van der Waals surface area contributed by atoms with Gasteiger partial charge in [-0.15, -0.1) is 11.3 Å². The second-order valence-electron chi connectivity index (χ2n) is 4.91. The number of hydrogen-bond donors (Lipinski definition) is 2. The number of nitrogens with zero attached hydrogens (tertiary/aromatic N) is 1. The van der Waals surface area contributed by atoms with Crippen molar-refractivity contribution in [3.05, 3.63) is 27.2 Å². The predicted octanol–water partition coefficient (Wildman–Crippen LogP) is 3.10. The molecule has 2 aromatic heterocycles. The average Bonchev–Trinajstić information content (AvgIpc) is 2.99. The second kappa shape index (κ2) is 6.33. The van der Waals surface area contributed by atoms with Crippen molar-refractivity contribution in [3.8, 4) is 11.4 Å². The van der Waals surface area contributed by atoms with Crippen molar-refractivity contribution in [3.63, 3.8) is 0 Å². The number of aromatic nitrogens is 2. The molecule has 0 aliphatic rings. The first-order chi connectivity index (χ1) is 9.58. The van der Waals surface area contributed by atoms with Crippen LogP contribution < -0.4 is 5.73 Å². The Labute approximate surface area is 123 Å². The van der Waals surface area contributed by atoms with Crippen LogP contribution in [0.25, 0.3) is 11.4 Å². The smallest absolute Gasteiger partial charge is 0.161 e. The minimum Gasteiger partial charge on any atom is -0.356 e. The van der Waals surface area contributed by atoms with Gasteiger partial charge < -0.3 is 10.7 Å². The molecule has 0 aliphatic heterocycles. The van der Waals surface area contributed by atoms with Crippen molar-refractivity contribution in [1.82, 2.24) is 9.97 Å². The molecular weight excluding hydrogens is 270 g/mol. The van der Waals surface area contributed by atoms with Crippen LogP contribution in [0.15, 0.2) is 5.38 Å². The largest absolute Gasteiger partial charge is 0.356 e. The highest BCUT2D eigenvalue weighted by Gasteiger charge is 2.19. The molecule has 5 heteroatoms. The molecule has 0 aromatic carbocycles. The summed E-state index contributed by atoms with van der Waals surface area (Å²) in [7, 11) is 0. The molecule has 2 aromatic rings. The summed E-state index contributed by atoms with van der Waals surface area (Å²) in [4.78, 5) is 19.8. The maximum absolute atomic E-state index is 11.8. The molecule has 0 spiro atoms. The molecule has 3 N–H and O–H groups in total. The van der Waals surface area contributed by atoms with Gasteiger partial charge in [-0.1, -0.05) is 6.92 Å². The number of hydrogen-bond acceptors (Lipinski definition) is 4. The molecule has 4 nitrogen and oxygen atoms in total. The van der Waals surface area contributed by atoms with Crippen LogP contribution in [0.1, 0.15) is 46.9 Å². The van der Waals surface area contributed by atoms with Crippen LogP contribution in [0.5, 0.6) is 0 Å². The van der Waals surface area contributed by atoms with Crippen molar-refractivity contribution >= 4 is 17.1 Å². The second-order valence-corrected chi connectivity index (χ2v) is 5.85. The minimum atomic E-state index is 0.112. The lowest BCUT2D eigenvalue weighted by molar-refractivity contribution is 0.101. The summed E-state index contributed by atoms with van der Waals surface area (Å²) in [5.41, 5.74) is 10.3. The summed E-state index contributed by atoms with van der Waals surface area (Å²) in [5, 5.41) is 3.16. The van der Waals surface area contributed by atoms with Crippen molar-refractivity contribution in [2.24, 2.45) is 5.73 Å². The first-order valence-corrected chi connectivity index (χ1v) is 7.83. The standard InChI is InChI=1S/C15H21N3OS/c1-4-11-14(10(3)19)9(2)17-15(11)12-8-20-13(18-12)6-5-7-16/h8,17H,4-7,16H2,1-3H3. The molecular formula is C15H21N3OS. The Bertz CT molecular complexity index is 613. The van der Waals surface area contributed by atoms with Gasteiger partial charge in [0.05, 0.1) is 16.4 Å². The maximum atomic E-state index is 11.8. The fourth-order valence-corrected chi connectivity index (χ4v) is 3.35. The summed E-state index contributed by atoms with van der Waals surface area (Å²) < 4.78 is 0. The number of aryl methyl sites for hydroxylation is 2. The highest BCUT2D eigenvalue weighted by Crippen LogP contribution is 2.30. The number of rotatable bonds is 6. The third-order valence-electron chi connectivity index (χ3n) is 3.40. The van der Waals surface area contributed by atoms with Gasteiger partial charge in [-0.2, -0.15) is 0 Å². The lowest BCUT2D eigenvalue weighted by Gasteiger charge is -2.00. The zero-order valence-electron chi connectivity index (χ0n) is 12.2. The highest BCUT2D eigenvalue weighted by atomic mass is 32.1. The van der Waals surface area contributed by atoms with Crippen LogP contribution in [0, 0.1) is 6.92 Å². The van der Waals surface area contributed by atoms with E-state index in [1.165, 1.54) is 0 Å². The van der Waals surface area contributed by atoms with Crippen molar-refractivity contribution in [2.45, 2.75) is 40.0 Å². The molecule has 0 atom stereocenters. The van der Waals surface area contributed by atoms with Gasteiger partial charge in [0.15, 0.2) is 5.78 Å². The lowest BCUT2D eigenvalue weighted by Crippen LogP contribution is -2.00. The number of aromatic amines is 1. The summed E-state index contributed by atoms with van der Waals surface area (Å²) >= 11 is 1.66. The normalized spacial score (nSPS) is 11.0. The van der Waals surface area contributed by atoms with Crippen molar-refractivity contribution in [2.75, 3.05) is 6.54 Å². The van der Waals surface area contributed by atoms with E-state index in [4.69, 9.17) is 5.73 Å². The molecule has 0 saturated carbocycles. The number of carbonyl (C=O) groups excluding carboxylic acids is 1. The van der Waals surface area contributed by atoms with E-state index in [1.54, 1.807) is 18.3 Å². The van der Waals surface area contributed by atoms with E-state index in [0.29, 0.717) is 6.54 Å². The number of nitrogens with two attached hydrogens (primary N) is 1. The van der Waals surface area contributed by atoms with Crippen LogP contribution in [0.4, 0.5) is 0 Å². The van der Waals surface area contributed by atoms with Gasteiger partial charge >= 0.3 is 0 Å². The topological polar surface area (TPSA) is 71.8 Å². The number of H-pyrrole nitrogens is 1. The zero-order valence-corrected chi connectivity index (χ0v) is 13.1. The third kappa shape index (κ3) is 2.83. The van der Waals surface area contributed by atoms with Crippen LogP contribution >= 0.6 is 11.3 Å². The van der Waals surface area contributed by atoms with Gasteiger partial charge in [-0.3, -0.25) is 4.79 Å². The summed E-state index contributed by atoms with van der Waals surface area (Å²) in [6.45, 7) is 6.32. The highest BCUT2D eigenvalue weighted by molar-refractivity contribution is 7.09. The summed E-state index contributed by atoms with van der Waals surface area (Å²) in [6.07, 6.45) is 2.70. The molecule has 2 heterocycles. The molecule has 0 bridgehead atoms. The Morgan fingerprint density at radius 1 is 1.50 bits per heavy atom. The van der Waals surface area contributed by atoms with Crippen LogP contribution in [-0.4, -0.2) is 22.3 Å². The average molecular weight is 291 g/mol. The Hall–Kier alpha value is -1.46. The Kier molecular flexibility index (Phi) is 4.73. The van der Waals surface area contributed by atoms with Gasteiger partial charge in [0, 0.05) is 23.1 Å². The fraction of sp³-hybridized carbons (Fsp3) is 0.467.